The van der Waals surface area contributed by atoms with Crippen molar-refractivity contribution in [2.45, 2.75) is 37.4 Å². The monoisotopic (exact) mass is 698 g/mol. The fraction of sp³-hybridized carbons (Fsp3) is 0.267. The van der Waals surface area contributed by atoms with Crippen LogP contribution in [0.25, 0.3) is 0 Å². The number of alkyl halides is 3. The molecule has 3 aromatic rings. The first-order valence-electron chi connectivity index (χ1n) is 12.9. The van der Waals surface area contributed by atoms with Gasteiger partial charge in [0.15, 0.2) is 0 Å². The van der Waals surface area contributed by atoms with Crippen LogP contribution in [-0.2, 0) is 17.5 Å². The quantitative estimate of drug-likeness (QED) is 0.222. The molecular weight excluding hydrogens is 671 g/mol. The van der Waals surface area contributed by atoms with Gasteiger partial charge in [-0.3, -0.25) is 9.59 Å². The minimum absolute atomic E-state index is 0.0467. The molecule has 2 amide bonds. The van der Waals surface area contributed by atoms with Gasteiger partial charge in [-0.2, -0.15) is 13.2 Å². The second-order valence-electron chi connectivity index (χ2n) is 9.55. The van der Waals surface area contributed by atoms with Gasteiger partial charge in [0.05, 0.1) is 21.8 Å². The highest BCUT2D eigenvalue weighted by Crippen LogP contribution is 2.33. The molecule has 3 atom stereocenters. The molecule has 1 aliphatic rings. The Balaban J connectivity index is 1.75. The molecule has 1 aliphatic carbocycles. The number of hydrogen-bond donors (Lipinski definition) is 3. The largest absolute Gasteiger partial charge is 0.482 e. The number of amides is 2. The number of aliphatic hydroxyl groups is 2. The van der Waals surface area contributed by atoms with Crippen LogP contribution < -0.4 is 10.1 Å². The van der Waals surface area contributed by atoms with E-state index in [4.69, 9.17) is 4.74 Å². The van der Waals surface area contributed by atoms with E-state index >= 15 is 0 Å². The van der Waals surface area contributed by atoms with Crippen molar-refractivity contribution < 1.29 is 42.1 Å². The summed E-state index contributed by atoms with van der Waals surface area (Å²) in [6, 6.07) is 15.0. The molecule has 0 aliphatic heterocycles. The van der Waals surface area contributed by atoms with Crippen molar-refractivity contribution >= 4 is 34.4 Å². The van der Waals surface area contributed by atoms with Gasteiger partial charge >= 0.3 is 6.18 Å². The van der Waals surface area contributed by atoms with E-state index in [1.165, 1.54) is 24.3 Å². The predicted molar refractivity (Wildman–Crippen MR) is 154 cm³/mol. The van der Waals surface area contributed by atoms with E-state index < -0.39 is 47.6 Å². The van der Waals surface area contributed by atoms with Crippen molar-refractivity contribution in [1.29, 1.82) is 0 Å². The molecule has 3 aromatic carbocycles. The third-order valence-corrected chi connectivity index (χ3v) is 7.62. The van der Waals surface area contributed by atoms with Gasteiger partial charge in [-0.05, 0) is 71.1 Å². The van der Waals surface area contributed by atoms with E-state index in [0.717, 1.165) is 29.2 Å². The summed E-state index contributed by atoms with van der Waals surface area (Å²) in [7, 11) is 0. The van der Waals surface area contributed by atoms with Crippen molar-refractivity contribution in [1.82, 2.24) is 10.2 Å². The van der Waals surface area contributed by atoms with Crippen LogP contribution in [0.5, 0.6) is 5.75 Å². The van der Waals surface area contributed by atoms with Gasteiger partial charge in [0.1, 0.15) is 23.8 Å². The number of hydrogen-bond acceptors (Lipinski definition) is 5. The van der Waals surface area contributed by atoms with Crippen molar-refractivity contribution in [3.05, 3.63) is 111 Å². The average molecular weight is 698 g/mol. The molecule has 0 bridgehead atoms. The molecule has 3 N–H and O–H groups in total. The number of rotatable bonds is 9. The number of nitrogens with one attached hydrogen (secondary N) is 1. The minimum Gasteiger partial charge on any atom is -0.482 e. The first-order chi connectivity index (χ1) is 20.0. The summed E-state index contributed by atoms with van der Waals surface area (Å²) < 4.78 is 61.1. The lowest BCUT2D eigenvalue weighted by atomic mass is 9.87. The molecule has 0 saturated carbocycles. The highest BCUT2D eigenvalue weighted by molar-refractivity contribution is 14.1. The maximum Gasteiger partial charge on any atom is 0.416 e. The molecule has 7 nitrogen and oxygen atoms in total. The lowest BCUT2D eigenvalue weighted by molar-refractivity contribution is -0.137. The zero-order valence-electron chi connectivity index (χ0n) is 22.0. The van der Waals surface area contributed by atoms with Gasteiger partial charge < -0.3 is 25.2 Å². The Bertz CT molecular complexity index is 1450. The third kappa shape index (κ3) is 7.47. The van der Waals surface area contributed by atoms with Crippen LogP contribution in [-0.4, -0.2) is 58.3 Å². The van der Waals surface area contributed by atoms with Gasteiger partial charge in [0, 0.05) is 36.2 Å². The molecule has 0 fully saturated rings. The number of para-hydroxylation sites is 1. The highest BCUT2D eigenvalue weighted by Gasteiger charge is 2.41. The van der Waals surface area contributed by atoms with Crippen molar-refractivity contribution in [3.8, 4) is 5.75 Å². The summed E-state index contributed by atoms with van der Waals surface area (Å²) in [6.45, 7) is -0.719. The molecule has 42 heavy (non-hydrogen) atoms. The molecule has 4 rings (SSSR count). The Morgan fingerprint density at radius 2 is 1.69 bits per heavy atom. The summed E-state index contributed by atoms with van der Waals surface area (Å²) in [5.74, 6) is -1.56. The first-order valence-corrected chi connectivity index (χ1v) is 14.0. The van der Waals surface area contributed by atoms with Crippen LogP contribution >= 0.6 is 22.6 Å². The van der Waals surface area contributed by atoms with E-state index in [1.807, 2.05) is 22.6 Å². The Kier molecular flexibility index (Phi) is 10.2. The molecule has 0 saturated heterocycles. The molecule has 0 heterocycles. The lowest BCUT2D eigenvalue weighted by Gasteiger charge is -2.40. The topological polar surface area (TPSA) is 99.1 Å². The van der Waals surface area contributed by atoms with Crippen molar-refractivity contribution in [3.63, 3.8) is 0 Å². The summed E-state index contributed by atoms with van der Waals surface area (Å²) >= 11 is 2.04. The predicted octanol–water partition coefficient (Wildman–Crippen LogP) is 4.71. The summed E-state index contributed by atoms with van der Waals surface area (Å²) in [5.41, 5.74) is -0.828. The SMILES string of the molecule is O=C(NCCO)C1=C[C@H](Oc2ccccc2I)[C@@H](O)[C@H](N(Cc2ccccc2F)C(=O)c2ccc(C(F)(F)F)cc2)C1. The molecule has 0 aromatic heterocycles. The van der Waals surface area contributed by atoms with Crippen LogP contribution in [0.4, 0.5) is 17.6 Å². The summed E-state index contributed by atoms with van der Waals surface area (Å²) in [6.07, 6.45) is -5.90. The number of nitrogens with zero attached hydrogens (tertiary/aromatic N) is 1. The van der Waals surface area contributed by atoms with Crippen LogP contribution in [0, 0.1) is 9.39 Å². The maximum atomic E-state index is 14.8. The molecular formula is C30H27F4IN2O5. The summed E-state index contributed by atoms with van der Waals surface area (Å²) in [5, 5.41) is 23.3. The average Bonchev–Trinajstić information content (AvgIpc) is 2.97. The van der Waals surface area contributed by atoms with E-state index in [2.05, 4.69) is 5.32 Å². The Morgan fingerprint density at radius 1 is 1.02 bits per heavy atom. The van der Waals surface area contributed by atoms with E-state index in [1.54, 1.807) is 30.3 Å². The van der Waals surface area contributed by atoms with Crippen molar-refractivity contribution in [2.24, 2.45) is 0 Å². The second-order valence-corrected chi connectivity index (χ2v) is 10.7. The maximum absolute atomic E-state index is 14.8. The van der Waals surface area contributed by atoms with Crippen molar-refractivity contribution in [2.75, 3.05) is 13.2 Å². The molecule has 0 radical (unpaired) electrons. The number of ether oxygens (including phenoxy) is 1. The first kappa shape index (κ1) is 31.4. The fourth-order valence-corrected chi connectivity index (χ4v) is 5.10. The second kappa shape index (κ2) is 13.7. The normalized spacial score (nSPS) is 18.6. The van der Waals surface area contributed by atoms with Gasteiger partial charge in [-0.15, -0.1) is 0 Å². The van der Waals surface area contributed by atoms with Crippen LogP contribution in [0.1, 0.15) is 27.9 Å². The third-order valence-electron chi connectivity index (χ3n) is 6.73. The molecule has 12 heteroatoms. The zero-order chi connectivity index (χ0) is 30.4. The fourth-order valence-electron chi connectivity index (χ4n) is 4.58. The number of carbonyl (C=O) groups is 2. The molecule has 0 unspecified atom stereocenters. The van der Waals surface area contributed by atoms with E-state index in [0.29, 0.717) is 9.32 Å². The van der Waals surface area contributed by atoms with Crippen LogP contribution in [0.15, 0.2) is 84.4 Å². The van der Waals surface area contributed by atoms with Gasteiger partial charge in [-0.25, -0.2) is 4.39 Å². The number of aliphatic hydroxyl groups excluding tert-OH is 2. The standard InChI is InChI=1S/C30H27F4IN2O5/c31-22-6-2-1-5-19(22)17-37(29(41)18-9-11-21(12-10-18)30(32,33)34)24-15-20(28(40)36-13-14-38)16-26(27(24)39)42-25-8-4-3-7-23(25)35/h1-12,16,24,26-27,38-39H,13-15,17H2,(H,36,40)/t24-,26+,27+/m1/s1. The Labute approximate surface area is 252 Å². The number of carbonyl (C=O) groups excluding carboxylic acids is 2. The number of halogens is 5. The smallest absolute Gasteiger partial charge is 0.416 e. The highest BCUT2D eigenvalue weighted by atomic mass is 127. The number of benzene rings is 3. The van der Waals surface area contributed by atoms with Crippen LogP contribution in [0.3, 0.4) is 0 Å². The van der Waals surface area contributed by atoms with Gasteiger partial charge in [0.25, 0.3) is 5.91 Å². The van der Waals surface area contributed by atoms with E-state index in [-0.39, 0.29) is 42.8 Å². The van der Waals surface area contributed by atoms with Gasteiger partial charge in [0.2, 0.25) is 5.91 Å². The Morgan fingerprint density at radius 3 is 2.33 bits per heavy atom. The Hall–Kier alpha value is -3.49. The molecule has 0 spiro atoms. The van der Waals surface area contributed by atoms with E-state index in [9.17, 15) is 37.4 Å². The van der Waals surface area contributed by atoms with Crippen LogP contribution in [0.2, 0.25) is 0 Å². The summed E-state index contributed by atoms with van der Waals surface area (Å²) in [4.78, 5) is 28.0. The van der Waals surface area contributed by atoms with Gasteiger partial charge in [-0.1, -0.05) is 30.3 Å². The molecule has 222 valence electrons. The zero-order valence-corrected chi connectivity index (χ0v) is 24.2. The minimum atomic E-state index is -4.62. The lowest BCUT2D eigenvalue weighted by Crippen LogP contribution is -2.55.